The molecule has 0 aromatic heterocycles. The highest BCUT2D eigenvalue weighted by Gasteiger charge is 2.35. The van der Waals surface area contributed by atoms with E-state index >= 15 is 0 Å². The van der Waals surface area contributed by atoms with Crippen LogP contribution >= 0.6 is 34.8 Å². The molecule has 1 heterocycles. The first-order valence-corrected chi connectivity index (χ1v) is 11.5. The van der Waals surface area contributed by atoms with Crippen LogP contribution in [0.5, 0.6) is 0 Å². The number of halogens is 3. The minimum Gasteiger partial charge on any atom is -0.361 e. The van der Waals surface area contributed by atoms with Gasteiger partial charge in [-0.3, -0.25) is 4.90 Å². The molecular formula is C25H23Cl3N2. The van der Waals surface area contributed by atoms with Gasteiger partial charge < -0.3 is 4.90 Å². The lowest BCUT2D eigenvalue weighted by molar-refractivity contribution is 0.164. The summed E-state index contributed by atoms with van der Waals surface area (Å²) in [6, 6.07) is 23.6. The number of hydrogen-bond acceptors (Lipinski definition) is 2. The fourth-order valence-corrected chi connectivity index (χ4v) is 5.55. The van der Waals surface area contributed by atoms with Gasteiger partial charge >= 0.3 is 0 Å². The van der Waals surface area contributed by atoms with Crippen molar-refractivity contribution in [3.8, 4) is 0 Å². The van der Waals surface area contributed by atoms with Crippen LogP contribution in [0.15, 0.2) is 66.7 Å². The van der Waals surface area contributed by atoms with Crippen molar-refractivity contribution in [1.82, 2.24) is 4.90 Å². The van der Waals surface area contributed by atoms with Gasteiger partial charge in [0.05, 0.1) is 16.8 Å². The molecule has 1 atom stereocenters. The van der Waals surface area contributed by atoms with Crippen LogP contribution in [0.3, 0.4) is 0 Å². The van der Waals surface area contributed by atoms with Crippen LogP contribution in [0.1, 0.15) is 22.7 Å². The summed E-state index contributed by atoms with van der Waals surface area (Å²) in [5, 5.41) is 2.12. The highest BCUT2D eigenvalue weighted by Crippen LogP contribution is 2.38. The van der Waals surface area contributed by atoms with Gasteiger partial charge in [-0.15, -0.1) is 0 Å². The number of nitrogens with zero attached hydrogens (tertiary/aromatic N) is 2. The fraction of sp³-hybridized carbons (Fsp3) is 0.280. The molecule has 0 bridgehead atoms. The Morgan fingerprint density at radius 2 is 1.40 bits per heavy atom. The van der Waals surface area contributed by atoms with Crippen molar-refractivity contribution in [2.24, 2.45) is 0 Å². The standard InChI is InChI=1S/C25H23Cl3N2/c26-20-7-5-17(6-8-20)25-16-29(22-13-18-3-1-2-4-19(18)14-22)11-12-30(25)24-10-9-21(27)15-23(24)28/h1-10,15,22,25H,11-14,16H2. The molecule has 0 radical (unpaired) electrons. The summed E-state index contributed by atoms with van der Waals surface area (Å²) in [6.45, 7) is 2.89. The van der Waals surface area contributed by atoms with E-state index < -0.39 is 0 Å². The van der Waals surface area contributed by atoms with E-state index in [0.29, 0.717) is 16.1 Å². The third kappa shape index (κ3) is 3.94. The Morgan fingerprint density at radius 1 is 0.733 bits per heavy atom. The molecule has 2 nitrogen and oxygen atoms in total. The Morgan fingerprint density at radius 3 is 2.07 bits per heavy atom. The minimum absolute atomic E-state index is 0.207. The predicted molar refractivity (Wildman–Crippen MR) is 127 cm³/mol. The number of piperazine rings is 1. The Balaban J connectivity index is 1.44. The normalized spacial score (nSPS) is 19.8. The van der Waals surface area contributed by atoms with E-state index in [9.17, 15) is 0 Å². The Labute approximate surface area is 193 Å². The van der Waals surface area contributed by atoms with E-state index in [0.717, 1.165) is 43.2 Å². The summed E-state index contributed by atoms with van der Waals surface area (Å²) in [5.74, 6) is 0. The summed E-state index contributed by atoms with van der Waals surface area (Å²) in [5.41, 5.74) is 5.28. The first-order chi connectivity index (χ1) is 14.6. The molecule has 30 heavy (non-hydrogen) atoms. The van der Waals surface area contributed by atoms with Crippen molar-refractivity contribution in [2.45, 2.75) is 24.9 Å². The monoisotopic (exact) mass is 456 g/mol. The van der Waals surface area contributed by atoms with Crippen LogP contribution in [0.25, 0.3) is 0 Å². The topological polar surface area (TPSA) is 6.48 Å². The van der Waals surface area contributed by atoms with Crippen molar-refractivity contribution in [3.05, 3.63) is 98.5 Å². The van der Waals surface area contributed by atoms with Crippen LogP contribution < -0.4 is 4.90 Å². The fourth-order valence-electron chi connectivity index (χ4n) is 4.90. The lowest BCUT2D eigenvalue weighted by Crippen LogP contribution is -2.52. The van der Waals surface area contributed by atoms with Gasteiger partial charge in [-0.2, -0.15) is 0 Å². The molecule has 3 aromatic rings. The number of hydrogen-bond donors (Lipinski definition) is 0. The van der Waals surface area contributed by atoms with E-state index in [2.05, 4.69) is 46.2 Å². The SMILES string of the molecule is Clc1ccc(C2CN(C3Cc4ccccc4C3)CCN2c2ccc(Cl)cc2Cl)cc1. The van der Waals surface area contributed by atoms with Gasteiger partial charge in [-0.25, -0.2) is 0 Å². The third-order valence-corrected chi connectivity index (χ3v) is 7.22. The van der Waals surface area contributed by atoms with E-state index in [1.165, 1.54) is 16.7 Å². The summed E-state index contributed by atoms with van der Waals surface area (Å²) in [6.07, 6.45) is 2.26. The van der Waals surface area contributed by atoms with Crippen molar-refractivity contribution in [2.75, 3.05) is 24.5 Å². The van der Waals surface area contributed by atoms with Crippen LogP contribution in [-0.2, 0) is 12.8 Å². The highest BCUT2D eigenvalue weighted by atomic mass is 35.5. The zero-order valence-corrected chi connectivity index (χ0v) is 18.8. The molecule has 1 aliphatic carbocycles. The smallest absolute Gasteiger partial charge is 0.0670 e. The van der Waals surface area contributed by atoms with Gasteiger partial charge in [0, 0.05) is 35.7 Å². The van der Waals surface area contributed by atoms with Gasteiger partial charge in [0.1, 0.15) is 0 Å². The second kappa shape index (κ2) is 8.43. The maximum absolute atomic E-state index is 6.60. The van der Waals surface area contributed by atoms with Gasteiger partial charge in [-0.1, -0.05) is 71.2 Å². The summed E-state index contributed by atoms with van der Waals surface area (Å²) in [4.78, 5) is 5.07. The van der Waals surface area contributed by atoms with Crippen LogP contribution in [0.2, 0.25) is 15.1 Å². The number of anilines is 1. The molecule has 1 unspecified atom stereocenters. The molecular weight excluding hydrogens is 435 g/mol. The predicted octanol–water partition coefficient (Wildman–Crippen LogP) is 6.68. The first-order valence-electron chi connectivity index (χ1n) is 10.4. The molecule has 0 saturated carbocycles. The zero-order chi connectivity index (χ0) is 20.7. The van der Waals surface area contributed by atoms with Crippen LogP contribution in [0.4, 0.5) is 5.69 Å². The van der Waals surface area contributed by atoms with Crippen molar-refractivity contribution in [3.63, 3.8) is 0 Å². The molecule has 0 spiro atoms. The number of fused-ring (bicyclic) bond motifs is 1. The van der Waals surface area contributed by atoms with Gasteiger partial charge in [-0.05, 0) is 59.9 Å². The second-order valence-electron chi connectivity index (χ2n) is 8.18. The molecule has 2 aliphatic rings. The maximum Gasteiger partial charge on any atom is 0.0670 e. The minimum atomic E-state index is 0.207. The van der Waals surface area contributed by atoms with Crippen LogP contribution in [0, 0.1) is 0 Å². The largest absolute Gasteiger partial charge is 0.361 e. The average molecular weight is 458 g/mol. The summed E-state index contributed by atoms with van der Waals surface area (Å²) < 4.78 is 0. The zero-order valence-electron chi connectivity index (χ0n) is 16.6. The molecule has 0 amide bonds. The van der Waals surface area contributed by atoms with E-state index in [1.807, 2.05) is 30.3 Å². The third-order valence-electron chi connectivity index (χ3n) is 6.43. The second-order valence-corrected chi connectivity index (χ2v) is 9.46. The lowest BCUT2D eigenvalue weighted by atomic mass is 9.99. The van der Waals surface area contributed by atoms with Crippen LogP contribution in [-0.4, -0.2) is 30.6 Å². The van der Waals surface area contributed by atoms with Gasteiger partial charge in [0.25, 0.3) is 0 Å². The molecule has 1 fully saturated rings. The Bertz CT molecular complexity index is 1030. The molecule has 1 aliphatic heterocycles. The van der Waals surface area contributed by atoms with Crippen molar-refractivity contribution in [1.29, 1.82) is 0 Å². The van der Waals surface area contributed by atoms with Gasteiger partial charge in [0.15, 0.2) is 0 Å². The molecule has 1 saturated heterocycles. The highest BCUT2D eigenvalue weighted by molar-refractivity contribution is 6.36. The first kappa shape index (κ1) is 20.2. The maximum atomic E-state index is 6.60. The summed E-state index contributed by atoms with van der Waals surface area (Å²) in [7, 11) is 0. The van der Waals surface area contributed by atoms with E-state index in [-0.39, 0.29) is 6.04 Å². The van der Waals surface area contributed by atoms with E-state index in [4.69, 9.17) is 34.8 Å². The molecule has 5 heteroatoms. The number of rotatable bonds is 3. The molecule has 5 rings (SSSR count). The molecule has 0 N–H and O–H groups in total. The Kier molecular flexibility index (Phi) is 5.68. The average Bonchev–Trinajstić information content (AvgIpc) is 3.18. The van der Waals surface area contributed by atoms with E-state index in [1.54, 1.807) is 0 Å². The van der Waals surface area contributed by atoms with Crippen molar-refractivity contribution < 1.29 is 0 Å². The quantitative estimate of drug-likeness (QED) is 0.433. The number of benzene rings is 3. The summed E-state index contributed by atoms with van der Waals surface area (Å²) >= 11 is 18.9. The van der Waals surface area contributed by atoms with Gasteiger partial charge in [0.2, 0.25) is 0 Å². The Hall–Kier alpha value is -1.71. The van der Waals surface area contributed by atoms with Crippen molar-refractivity contribution >= 4 is 40.5 Å². The molecule has 3 aromatic carbocycles. The molecule has 154 valence electrons. The lowest BCUT2D eigenvalue weighted by Gasteiger charge is -2.45.